The van der Waals surface area contributed by atoms with Gasteiger partial charge in [0.2, 0.25) is 5.91 Å². The van der Waals surface area contributed by atoms with E-state index in [2.05, 4.69) is 38.2 Å². The summed E-state index contributed by atoms with van der Waals surface area (Å²) in [6.07, 6.45) is 7.88. The second kappa shape index (κ2) is 8.00. The second-order valence-electron chi connectivity index (χ2n) is 6.82. The Morgan fingerprint density at radius 2 is 2.19 bits per heavy atom. The molecule has 1 aliphatic heterocycles. The van der Waals surface area contributed by atoms with E-state index < -0.39 is 0 Å². The molecule has 0 spiro atoms. The van der Waals surface area contributed by atoms with Gasteiger partial charge in [-0.25, -0.2) is 9.97 Å². The molecule has 27 heavy (non-hydrogen) atoms. The number of carbonyl (C=O) groups is 1. The largest absolute Gasteiger partial charge is 0.356 e. The molecule has 4 heterocycles. The molecular weight excluding hydrogens is 358 g/mol. The number of piperidine rings is 1. The van der Waals surface area contributed by atoms with E-state index in [1.807, 2.05) is 12.1 Å². The molecule has 1 aliphatic rings. The number of hydrogen-bond donors (Lipinski definition) is 1. The summed E-state index contributed by atoms with van der Waals surface area (Å²) in [5, 5.41) is 4.18. The van der Waals surface area contributed by atoms with Crippen LogP contribution in [0.15, 0.2) is 36.9 Å². The van der Waals surface area contributed by atoms with Crippen LogP contribution >= 0.6 is 11.3 Å². The van der Waals surface area contributed by atoms with Crippen LogP contribution < -0.4 is 10.2 Å². The molecule has 3 aromatic heterocycles. The van der Waals surface area contributed by atoms with Gasteiger partial charge < -0.3 is 10.2 Å². The lowest BCUT2D eigenvalue weighted by atomic mass is 9.95. The van der Waals surface area contributed by atoms with Crippen LogP contribution in [0.4, 0.5) is 5.82 Å². The molecule has 4 rings (SSSR count). The molecule has 0 aliphatic carbocycles. The van der Waals surface area contributed by atoms with Gasteiger partial charge in [-0.05, 0) is 37.0 Å². The highest BCUT2D eigenvalue weighted by atomic mass is 32.1. The lowest BCUT2D eigenvalue weighted by molar-refractivity contribution is -0.125. The van der Waals surface area contributed by atoms with Crippen molar-refractivity contribution < 1.29 is 4.79 Å². The minimum absolute atomic E-state index is 0.0592. The average molecular weight is 382 g/mol. The molecule has 0 aromatic carbocycles. The Morgan fingerprint density at radius 3 is 2.93 bits per heavy atom. The zero-order valence-electron chi connectivity index (χ0n) is 15.4. The molecule has 7 heteroatoms. The summed E-state index contributed by atoms with van der Waals surface area (Å²) in [7, 11) is 0. The van der Waals surface area contributed by atoms with Gasteiger partial charge in [0.15, 0.2) is 0 Å². The number of amides is 1. The SMILES string of the molecule is CCc1cc2c(N3CCC(C(=O)NCc4cccnc4)CC3)ncnc2s1. The molecule has 0 radical (unpaired) electrons. The average Bonchev–Trinajstić information content (AvgIpc) is 3.16. The smallest absolute Gasteiger partial charge is 0.223 e. The Morgan fingerprint density at radius 1 is 1.33 bits per heavy atom. The zero-order chi connectivity index (χ0) is 18.6. The Balaban J connectivity index is 1.37. The molecule has 0 atom stereocenters. The van der Waals surface area contributed by atoms with Crippen molar-refractivity contribution in [2.45, 2.75) is 32.7 Å². The van der Waals surface area contributed by atoms with Crippen molar-refractivity contribution in [2.24, 2.45) is 5.92 Å². The molecule has 0 unspecified atom stereocenters. The minimum Gasteiger partial charge on any atom is -0.356 e. The minimum atomic E-state index is 0.0592. The Kier molecular flexibility index (Phi) is 5.29. The first kappa shape index (κ1) is 17.9. The van der Waals surface area contributed by atoms with Crippen LogP contribution in [0.3, 0.4) is 0 Å². The number of nitrogens with zero attached hydrogens (tertiary/aromatic N) is 4. The van der Waals surface area contributed by atoms with Gasteiger partial charge in [-0.2, -0.15) is 0 Å². The summed E-state index contributed by atoms with van der Waals surface area (Å²) >= 11 is 1.74. The maximum absolute atomic E-state index is 12.5. The molecule has 0 bridgehead atoms. The highest BCUT2D eigenvalue weighted by molar-refractivity contribution is 7.18. The summed E-state index contributed by atoms with van der Waals surface area (Å²) in [6, 6.07) is 6.07. The third-order valence-electron chi connectivity index (χ3n) is 5.06. The number of rotatable bonds is 5. The molecule has 140 valence electrons. The summed E-state index contributed by atoms with van der Waals surface area (Å²) in [4.78, 5) is 30.2. The molecule has 3 aromatic rings. The number of aromatic nitrogens is 3. The van der Waals surface area contributed by atoms with E-state index in [4.69, 9.17) is 0 Å². The van der Waals surface area contributed by atoms with Gasteiger partial charge in [0.05, 0.1) is 5.39 Å². The van der Waals surface area contributed by atoms with E-state index in [0.717, 1.165) is 53.9 Å². The van der Waals surface area contributed by atoms with Crippen molar-refractivity contribution in [3.05, 3.63) is 47.4 Å². The normalized spacial score (nSPS) is 15.2. The summed E-state index contributed by atoms with van der Waals surface area (Å²) in [6.45, 7) is 4.38. The fraction of sp³-hybridized carbons (Fsp3) is 0.400. The molecular formula is C20H23N5OS. The van der Waals surface area contributed by atoms with E-state index in [0.29, 0.717) is 6.54 Å². The monoisotopic (exact) mass is 381 g/mol. The van der Waals surface area contributed by atoms with Crippen LogP contribution in [-0.4, -0.2) is 33.9 Å². The Labute approximate surface area is 162 Å². The van der Waals surface area contributed by atoms with E-state index in [1.165, 1.54) is 4.88 Å². The molecule has 1 amide bonds. The molecule has 1 N–H and O–H groups in total. The first-order valence-corrected chi connectivity index (χ1v) is 10.2. The van der Waals surface area contributed by atoms with E-state index in [-0.39, 0.29) is 11.8 Å². The number of aryl methyl sites for hydroxylation is 1. The van der Waals surface area contributed by atoms with Crippen LogP contribution in [0.5, 0.6) is 0 Å². The van der Waals surface area contributed by atoms with Gasteiger partial charge in [0, 0.05) is 42.8 Å². The van der Waals surface area contributed by atoms with Gasteiger partial charge in [-0.1, -0.05) is 13.0 Å². The third kappa shape index (κ3) is 3.93. The first-order chi connectivity index (χ1) is 13.2. The number of fused-ring (bicyclic) bond motifs is 1. The van der Waals surface area contributed by atoms with Crippen molar-refractivity contribution in [3.8, 4) is 0 Å². The molecule has 1 fully saturated rings. The molecule has 0 saturated carbocycles. The van der Waals surface area contributed by atoms with Crippen molar-refractivity contribution in [1.29, 1.82) is 0 Å². The molecule has 1 saturated heterocycles. The lowest BCUT2D eigenvalue weighted by Gasteiger charge is -2.32. The van der Waals surface area contributed by atoms with Crippen molar-refractivity contribution in [1.82, 2.24) is 20.3 Å². The predicted octanol–water partition coefficient (Wildman–Crippen LogP) is 3.18. The van der Waals surface area contributed by atoms with Crippen molar-refractivity contribution in [2.75, 3.05) is 18.0 Å². The van der Waals surface area contributed by atoms with Crippen molar-refractivity contribution in [3.63, 3.8) is 0 Å². The van der Waals surface area contributed by atoms with Crippen LogP contribution in [-0.2, 0) is 17.8 Å². The standard InChI is InChI=1S/C20H23N5OS/c1-2-16-10-17-18(23-13-24-20(17)27-16)25-8-5-15(6-9-25)19(26)22-12-14-4-3-7-21-11-14/h3-4,7,10-11,13,15H,2,5-6,8-9,12H2,1H3,(H,22,26). The topological polar surface area (TPSA) is 71.0 Å². The summed E-state index contributed by atoms with van der Waals surface area (Å²) < 4.78 is 0. The van der Waals surface area contributed by atoms with Crippen LogP contribution in [0.2, 0.25) is 0 Å². The van der Waals surface area contributed by atoms with Gasteiger partial charge in [-0.3, -0.25) is 9.78 Å². The lowest BCUT2D eigenvalue weighted by Crippen LogP contribution is -2.40. The Hall–Kier alpha value is -2.54. The van der Waals surface area contributed by atoms with E-state index in [1.54, 1.807) is 30.1 Å². The van der Waals surface area contributed by atoms with Gasteiger partial charge in [-0.15, -0.1) is 11.3 Å². The number of thiophene rings is 1. The zero-order valence-corrected chi connectivity index (χ0v) is 16.2. The fourth-order valence-corrected chi connectivity index (χ4v) is 4.44. The van der Waals surface area contributed by atoms with Crippen LogP contribution in [0, 0.1) is 5.92 Å². The maximum atomic E-state index is 12.5. The quantitative estimate of drug-likeness (QED) is 0.735. The third-order valence-corrected chi connectivity index (χ3v) is 6.25. The van der Waals surface area contributed by atoms with Gasteiger partial charge in [0.25, 0.3) is 0 Å². The highest BCUT2D eigenvalue weighted by Crippen LogP contribution is 2.32. The number of pyridine rings is 1. The highest BCUT2D eigenvalue weighted by Gasteiger charge is 2.26. The van der Waals surface area contributed by atoms with Gasteiger partial charge >= 0.3 is 0 Å². The van der Waals surface area contributed by atoms with Gasteiger partial charge in [0.1, 0.15) is 17.0 Å². The fourth-order valence-electron chi connectivity index (χ4n) is 3.51. The predicted molar refractivity (Wildman–Crippen MR) is 108 cm³/mol. The number of carbonyl (C=O) groups excluding carboxylic acids is 1. The number of anilines is 1. The number of nitrogens with one attached hydrogen (secondary N) is 1. The van der Waals surface area contributed by atoms with Crippen LogP contribution in [0.1, 0.15) is 30.2 Å². The summed E-state index contributed by atoms with van der Waals surface area (Å²) in [5.41, 5.74) is 1.02. The van der Waals surface area contributed by atoms with Crippen LogP contribution in [0.25, 0.3) is 10.2 Å². The first-order valence-electron chi connectivity index (χ1n) is 9.39. The molecule has 6 nitrogen and oxygen atoms in total. The van der Waals surface area contributed by atoms with E-state index >= 15 is 0 Å². The van der Waals surface area contributed by atoms with E-state index in [9.17, 15) is 4.79 Å². The summed E-state index contributed by atoms with van der Waals surface area (Å²) in [5.74, 6) is 1.20. The maximum Gasteiger partial charge on any atom is 0.223 e. The van der Waals surface area contributed by atoms with Crippen molar-refractivity contribution >= 4 is 33.3 Å². The number of hydrogen-bond acceptors (Lipinski definition) is 6. The second-order valence-corrected chi connectivity index (χ2v) is 7.94. The Bertz CT molecular complexity index is 919.